The molecule has 3 rings (SSSR count). The zero-order chi connectivity index (χ0) is 13.6. The van der Waals surface area contributed by atoms with E-state index in [1.807, 2.05) is 13.0 Å². The minimum Gasteiger partial charge on any atom is -0.375 e. The molecule has 0 spiro atoms. The highest BCUT2D eigenvalue weighted by Gasteiger charge is 2.29. The number of carbonyl (C=O) groups is 1. The molecule has 1 saturated heterocycles. The zero-order valence-corrected chi connectivity index (χ0v) is 11.4. The molecule has 1 fully saturated rings. The van der Waals surface area contributed by atoms with Gasteiger partial charge in [0.25, 0.3) is 0 Å². The van der Waals surface area contributed by atoms with Gasteiger partial charge < -0.3 is 20.7 Å². The molecule has 0 aliphatic carbocycles. The first kappa shape index (κ1) is 12.7. The molecule has 1 amide bonds. The smallest absolute Gasteiger partial charge is 0.245 e. The highest BCUT2D eigenvalue weighted by Crippen LogP contribution is 2.38. The molecule has 2 aliphatic rings. The molecule has 2 aliphatic heterocycles. The molecule has 2 heterocycles. The van der Waals surface area contributed by atoms with Crippen molar-refractivity contribution in [1.82, 2.24) is 0 Å². The van der Waals surface area contributed by atoms with E-state index in [-0.39, 0.29) is 12.0 Å². The predicted octanol–water partition coefficient (Wildman–Crippen LogP) is 1.52. The van der Waals surface area contributed by atoms with E-state index in [4.69, 9.17) is 22.1 Å². The highest BCUT2D eigenvalue weighted by atomic mass is 35.5. The summed E-state index contributed by atoms with van der Waals surface area (Å²) < 4.78 is 5.52. The van der Waals surface area contributed by atoms with Crippen LogP contribution in [0.15, 0.2) is 12.1 Å². The summed E-state index contributed by atoms with van der Waals surface area (Å²) in [5.41, 5.74) is 8.25. The summed E-state index contributed by atoms with van der Waals surface area (Å²) in [6.07, 6.45) is 0.176. The van der Waals surface area contributed by atoms with Gasteiger partial charge in [-0.2, -0.15) is 0 Å². The predicted molar refractivity (Wildman–Crippen MR) is 74.6 cm³/mol. The minimum atomic E-state index is -0.620. The second kappa shape index (κ2) is 4.67. The summed E-state index contributed by atoms with van der Waals surface area (Å²) in [7, 11) is 0. The van der Waals surface area contributed by atoms with Crippen LogP contribution in [0.25, 0.3) is 0 Å². The topological polar surface area (TPSA) is 67.6 Å². The Balaban J connectivity index is 1.95. The lowest BCUT2D eigenvalue weighted by Gasteiger charge is -2.33. The molecular weight excluding hydrogens is 266 g/mol. The lowest BCUT2D eigenvalue weighted by molar-refractivity contribution is -0.116. The van der Waals surface area contributed by atoms with Crippen molar-refractivity contribution in [3.63, 3.8) is 0 Å². The Hall–Kier alpha value is -1.30. The lowest BCUT2D eigenvalue weighted by atomic mass is 10.1. The number of morpholine rings is 1. The van der Waals surface area contributed by atoms with Gasteiger partial charge in [-0.3, -0.25) is 4.79 Å². The maximum atomic E-state index is 11.6. The largest absolute Gasteiger partial charge is 0.375 e. The lowest BCUT2D eigenvalue weighted by Crippen LogP contribution is -2.41. The second-order valence-electron chi connectivity index (χ2n) is 4.99. The molecule has 0 aromatic heterocycles. The van der Waals surface area contributed by atoms with Gasteiger partial charge in [0.2, 0.25) is 5.91 Å². The Bertz CT molecular complexity index is 535. The monoisotopic (exact) mass is 281 g/mol. The number of nitrogens with zero attached hydrogens (tertiary/aromatic N) is 1. The maximum Gasteiger partial charge on any atom is 0.245 e. The highest BCUT2D eigenvalue weighted by molar-refractivity contribution is 6.33. The normalized spacial score (nSPS) is 26.3. The molecule has 1 aromatic carbocycles. The molecule has 3 N–H and O–H groups in total. The van der Waals surface area contributed by atoms with E-state index in [1.165, 1.54) is 0 Å². The third kappa shape index (κ3) is 2.18. The van der Waals surface area contributed by atoms with Crippen LogP contribution in [0.2, 0.25) is 5.02 Å². The number of fused-ring (bicyclic) bond motifs is 1. The van der Waals surface area contributed by atoms with Gasteiger partial charge in [-0.25, -0.2) is 0 Å². The number of carbonyl (C=O) groups excluding carboxylic acids is 1. The average molecular weight is 282 g/mol. The Morgan fingerprint density at radius 3 is 3.05 bits per heavy atom. The van der Waals surface area contributed by atoms with Crippen molar-refractivity contribution in [3.05, 3.63) is 22.7 Å². The molecule has 0 bridgehead atoms. The van der Waals surface area contributed by atoms with Crippen LogP contribution in [0.4, 0.5) is 11.4 Å². The number of benzene rings is 1. The standard InChI is InChI=1S/C13H16ClN3O2/c1-7-6-17(2-3-19-7)11-5-10-8(4-9(11)14)12(15)13(18)16-10/h4-5,7,12H,2-3,6,15H2,1H3,(H,16,18). The van der Waals surface area contributed by atoms with Gasteiger partial charge in [0.1, 0.15) is 6.04 Å². The van der Waals surface area contributed by atoms with Crippen LogP contribution in [0.1, 0.15) is 18.5 Å². The van der Waals surface area contributed by atoms with Crippen LogP contribution in [0.5, 0.6) is 0 Å². The summed E-state index contributed by atoms with van der Waals surface area (Å²) >= 11 is 6.32. The van der Waals surface area contributed by atoms with Gasteiger partial charge in [0.05, 0.1) is 23.4 Å². The first-order chi connectivity index (χ1) is 9.06. The third-order valence-corrected chi connectivity index (χ3v) is 3.88. The molecule has 6 heteroatoms. The fraction of sp³-hybridized carbons (Fsp3) is 0.462. The van der Waals surface area contributed by atoms with Crippen LogP contribution in [0.3, 0.4) is 0 Å². The first-order valence-corrected chi connectivity index (χ1v) is 6.70. The van der Waals surface area contributed by atoms with Crippen LogP contribution in [-0.4, -0.2) is 31.7 Å². The van der Waals surface area contributed by atoms with Crippen LogP contribution in [-0.2, 0) is 9.53 Å². The van der Waals surface area contributed by atoms with E-state index in [2.05, 4.69) is 10.2 Å². The van der Waals surface area contributed by atoms with E-state index in [9.17, 15) is 4.79 Å². The Morgan fingerprint density at radius 2 is 2.32 bits per heavy atom. The number of ether oxygens (including phenoxy) is 1. The van der Waals surface area contributed by atoms with Crippen LogP contribution < -0.4 is 16.0 Å². The Kier molecular flexibility index (Phi) is 3.12. The SMILES string of the molecule is CC1CN(c2cc3c(cc2Cl)C(N)C(=O)N3)CCO1. The number of hydrogen-bond donors (Lipinski definition) is 2. The van der Waals surface area contributed by atoms with E-state index >= 15 is 0 Å². The van der Waals surface area contributed by atoms with Crippen molar-refractivity contribution >= 4 is 28.9 Å². The molecule has 19 heavy (non-hydrogen) atoms. The second-order valence-corrected chi connectivity index (χ2v) is 5.39. The summed E-state index contributed by atoms with van der Waals surface area (Å²) in [5.74, 6) is -0.182. The van der Waals surface area contributed by atoms with Crippen molar-refractivity contribution in [2.45, 2.75) is 19.1 Å². The average Bonchev–Trinajstić information content (AvgIpc) is 2.65. The molecule has 2 atom stereocenters. The summed E-state index contributed by atoms with van der Waals surface area (Å²) in [6, 6.07) is 3.07. The number of hydrogen-bond acceptors (Lipinski definition) is 4. The molecule has 5 nitrogen and oxygen atoms in total. The zero-order valence-electron chi connectivity index (χ0n) is 10.6. The maximum absolute atomic E-state index is 11.6. The van der Waals surface area contributed by atoms with E-state index < -0.39 is 6.04 Å². The van der Waals surface area contributed by atoms with Gasteiger partial charge >= 0.3 is 0 Å². The van der Waals surface area contributed by atoms with Crippen LogP contribution >= 0.6 is 11.6 Å². The molecule has 0 radical (unpaired) electrons. The van der Waals surface area contributed by atoms with Gasteiger partial charge in [0, 0.05) is 24.3 Å². The Morgan fingerprint density at radius 1 is 1.53 bits per heavy atom. The first-order valence-electron chi connectivity index (χ1n) is 6.32. The van der Waals surface area contributed by atoms with Gasteiger partial charge in [0.15, 0.2) is 0 Å². The van der Waals surface area contributed by atoms with Gasteiger partial charge in [-0.1, -0.05) is 11.6 Å². The quantitative estimate of drug-likeness (QED) is 0.819. The number of nitrogens with one attached hydrogen (secondary N) is 1. The van der Waals surface area contributed by atoms with Gasteiger partial charge in [-0.05, 0) is 19.1 Å². The number of amides is 1. The van der Waals surface area contributed by atoms with Crippen LogP contribution in [0, 0.1) is 0 Å². The summed E-state index contributed by atoms with van der Waals surface area (Å²) in [4.78, 5) is 13.7. The van der Waals surface area contributed by atoms with Crippen molar-refractivity contribution in [2.24, 2.45) is 5.73 Å². The summed E-state index contributed by atoms with van der Waals surface area (Å²) in [6.45, 7) is 4.30. The van der Waals surface area contributed by atoms with Gasteiger partial charge in [-0.15, -0.1) is 0 Å². The van der Waals surface area contributed by atoms with Crippen molar-refractivity contribution in [1.29, 1.82) is 0 Å². The fourth-order valence-corrected chi connectivity index (χ4v) is 2.87. The Labute approximate surface area is 116 Å². The van der Waals surface area contributed by atoms with Crippen molar-refractivity contribution in [2.75, 3.05) is 29.9 Å². The fourth-order valence-electron chi connectivity index (χ4n) is 2.57. The summed E-state index contributed by atoms with van der Waals surface area (Å²) in [5, 5.41) is 3.41. The van der Waals surface area contributed by atoms with E-state index in [0.717, 1.165) is 30.0 Å². The number of rotatable bonds is 1. The minimum absolute atomic E-state index is 0.176. The van der Waals surface area contributed by atoms with Crippen molar-refractivity contribution in [3.8, 4) is 0 Å². The molecule has 102 valence electrons. The molecule has 0 saturated carbocycles. The molecule has 1 aromatic rings. The number of halogens is 1. The van der Waals surface area contributed by atoms with Crippen molar-refractivity contribution < 1.29 is 9.53 Å². The molecular formula is C13H16ClN3O2. The van der Waals surface area contributed by atoms with E-state index in [0.29, 0.717) is 11.6 Å². The number of anilines is 2. The third-order valence-electron chi connectivity index (χ3n) is 3.58. The molecule has 2 unspecified atom stereocenters. The van der Waals surface area contributed by atoms with E-state index in [1.54, 1.807) is 6.07 Å². The number of nitrogens with two attached hydrogens (primary N) is 1.